The molecule has 1 unspecified atom stereocenters. The van der Waals surface area contributed by atoms with Crippen molar-refractivity contribution in [1.82, 2.24) is 5.32 Å². The molecule has 0 aromatic carbocycles. The molecule has 1 heterocycles. The van der Waals surface area contributed by atoms with Crippen molar-refractivity contribution in [3.63, 3.8) is 0 Å². The Morgan fingerprint density at radius 3 is 2.91 bits per heavy atom. The van der Waals surface area contributed by atoms with E-state index in [4.69, 9.17) is 0 Å². The summed E-state index contributed by atoms with van der Waals surface area (Å²) in [5, 5.41) is 3.33. The van der Waals surface area contributed by atoms with Crippen LogP contribution < -0.4 is 5.32 Å². The summed E-state index contributed by atoms with van der Waals surface area (Å²) >= 11 is 0. The molecule has 0 aromatic heterocycles. The minimum absolute atomic E-state index is 0.665. The predicted octanol–water partition coefficient (Wildman–Crippen LogP) is 1.59. The van der Waals surface area contributed by atoms with Crippen molar-refractivity contribution in [2.24, 2.45) is 10.9 Å². The van der Waals surface area contributed by atoms with Gasteiger partial charge in [-0.1, -0.05) is 6.92 Å². The van der Waals surface area contributed by atoms with Gasteiger partial charge >= 0.3 is 0 Å². The van der Waals surface area contributed by atoms with E-state index in [0.717, 1.165) is 13.1 Å². The van der Waals surface area contributed by atoms with Crippen molar-refractivity contribution in [2.45, 2.75) is 20.8 Å². The minimum atomic E-state index is 0.665. The molecular formula is C9H16N2. The fourth-order valence-corrected chi connectivity index (χ4v) is 1.48. The standard InChI is InChI=1S/C9H16N2/c1-4-11-8(3)9-6-10-5-7(9)2/h4,7,10H,5-6H2,1-3H3/b9-8-,11-4?. The molecule has 62 valence electrons. The van der Waals surface area contributed by atoms with Gasteiger partial charge in [0.05, 0.1) is 0 Å². The van der Waals surface area contributed by atoms with Crippen LogP contribution in [0.5, 0.6) is 0 Å². The van der Waals surface area contributed by atoms with Gasteiger partial charge in [-0.15, -0.1) is 0 Å². The van der Waals surface area contributed by atoms with Crippen molar-refractivity contribution in [2.75, 3.05) is 13.1 Å². The molecule has 0 radical (unpaired) electrons. The van der Waals surface area contributed by atoms with E-state index in [9.17, 15) is 0 Å². The lowest BCUT2D eigenvalue weighted by Gasteiger charge is -2.04. The zero-order valence-electron chi connectivity index (χ0n) is 7.52. The van der Waals surface area contributed by atoms with E-state index in [-0.39, 0.29) is 0 Å². The summed E-state index contributed by atoms with van der Waals surface area (Å²) in [5.74, 6) is 0.665. The van der Waals surface area contributed by atoms with E-state index in [1.807, 2.05) is 13.1 Å². The molecule has 1 aliphatic heterocycles. The monoisotopic (exact) mass is 152 g/mol. The lowest BCUT2D eigenvalue weighted by atomic mass is 10.0. The third-order valence-corrected chi connectivity index (χ3v) is 2.15. The van der Waals surface area contributed by atoms with Crippen LogP contribution in [0.25, 0.3) is 0 Å². The van der Waals surface area contributed by atoms with Gasteiger partial charge in [0.15, 0.2) is 0 Å². The molecule has 11 heavy (non-hydrogen) atoms. The average molecular weight is 152 g/mol. The molecule has 0 bridgehead atoms. The Kier molecular flexibility index (Phi) is 2.83. The van der Waals surface area contributed by atoms with Gasteiger partial charge in [0.1, 0.15) is 0 Å². The van der Waals surface area contributed by atoms with Crippen molar-refractivity contribution in [3.05, 3.63) is 11.3 Å². The first-order chi connectivity index (χ1) is 5.25. The number of allylic oxidation sites excluding steroid dienone is 1. The quantitative estimate of drug-likeness (QED) is 0.567. The second kappa shape index (κ2) is 3.67. The van der Waals surface area contributed by atoms with Crippen LogP contribution in [0.4, 0.5) is 0 Å². The lowest BCUT2D eigenvalue weighted by molar-refractivity contribution is 0.715. The zero-order chi connectivity index (χ0) is 8.27. The van der Waals surface area contributed by atoms with Crippen LogP contribution in [-0.4, -0.2) is 19.3 Å². The molecular weight excluding hydrogens is 136 g/mol. The van der Waals surface area contributed by atoms with Gasteiger partial charge in [-0.05, 0) is 25.3 Å². The Balaban J connectivity index is 2.76. The first-order valence-corrected chi connectivity index (χ1v) is 4.14. The highest BCUT2D eigenvalue weighted by atomic mass is 14.9. The number of hydrogen-bond donors (Lipinski definition) is 1. The van der Waals surface area contributed by atoms with E-state index in [1.165, 1.54) is 11.3 Å². The van der Waals surface area contributed by atoms with E-state index in [0.29, 0.717) is 5.92 Å². The fourth-order valence-electron chi connectivity index (χ4n) is 1.48. The molecule has 1 rings (SSSR count). The van der Waals surface area contributed by atoms with Crippen molar-refractivity contribution >= 4 is 6.21 Å². The number of hydrogen-bond acceptors (Lipinski definition) is 2. The fraction of sp³-hybridized carbons (Fsp3) is 0.667. The van der Waals surface area contributed by atoms with Gasteiger partial charge in [0, 0.05) is 25.0 Å². The average Bonchev–Trinajstić information content (AvgIpc) is 2.36. The summed E-state index contributed by atoms with van der Waals surface area (Å²) in [6, 6.07) is 0. The van der Waals surface area contributed by atoms with Gasteiger partial charge in [-0.25, -0.2) is 0 Å². The van der Waals surface area contributed by atoms with Crippen LogP contribution in [0, 0.1) is 5.92 Å². The topological polar surface area (TPSA) is 24.4 Å². The van der Waals surface area contributed by atoms with Gasteiger partial charge in [0.2, 0.25) is 0 Å². The second-order valence-corrected chi connectivity index (χ2v) is 3.03. The molecule has 2 nitrogen and oxygen atoms in total. The van der Waals surface area contributed by atoms with Crippen LogP contribution >= 0.6 is 0 Å². The molecule has 0 spiro atoms. The van der Waals surface area contributed by atoms with E-state index in [2.05, 4.69) is 24.2 Å². The Morgan fingerprint density at radius 2 is 2.45 bits per heavy atom. The molecule has 1 aliphatic rings. The highest BCUT2D eigenvalue weighted by Crippen LogP contribution is 2.18. The Morgan fingerprint density at radius 1 is 1.73 bits per heavy atom. The third-order valence-electron chi connectivity index (χ3n) is 2.15. The molecule has 0 aliphatic carbocycles. The largest absolute Gasteiger partial charge is 0.312 e. The maximum absolute atomic E-state index is 4.27. The Hall–Kier alpha value is -0.630. The predicted molar refractivity (Wildman–Crippen MR) is 48.9 cm³/mol. The summed E-state index contributed by atoms with van der Waals surface area (Å²) in [6.45, 7) is 8.40. The smallest absolute Gasteiger partial charge is 0.0376 e. The Bertz CT molecular complexity index is 192. The number of aliphatic imine (C=N–C) groups is 1. The van der Waals surface area contributed by atoms with E-state index in [1.54, 1.807) is 0 Å². The van der Waals surface area contributed by atoms with Crippen LogP contribution in [0.2, 0.25) is 0 Å². The first-order valence-electron chi connectivity index (χ1n) is 4.14. The highest BCUT2D eigenvalue weighted by molar-refractivity contribution is 5.55. The SMILES string of the molecule is CC=N/C(C)=C1/CNCC1C. The zero-order valence-corrected chi connectivity index (χ0v) is 7.52. The molecule has 0 saturated carbocycles. The second-order valence-electron chi connectivity index (χ2n) is 3.03. The lowest BCUT2D eigenvalue weighted by Crippen LogP contribution is -2.06. The molecule has 0 aromatic rings. The number of rotatable bonds is 1. The van der Waals surface area contributed by atoms with Gasteiger partial charge in [0.25, 0.3) is 0 Å². The van der Waals surface area contributed by atoms with Crippen LogP contribution in [-0.2, 0) is 0 Å². The van der Waals surface area contributed by atoms with Crippen molar-refractivity contribution in [3.8, 4) is 0 Å². The van der Waals surface area contributed by atoms with Crippen molar-refractivity contribution in [1.29, 1.82) is 0 Å². The van der Waals surface area contributed by atoms with Gasteiger partial charge < -0.3 is 5.32 Å². The molecule has 1 fully saturated rings. The van der Waals surface area contributed by atoms with E-state index >= 15 is 0 Å². The molecule has 1 saturated heterocycles. The van der Waals surface area contributed by atoms with Crippen LogP contribution in [0.15, 0.2) is 16.3 Å². The van der Waals surface area contributed by atoms with Crippen LogP contribution in [0.3, 0.4) is 0 Å². The molecule has 0 amide bonds. The minimum Gasteiger partial charge on any atom is -0.312 e. The molecule has 1 atom stereocenters. The molecule has 2 heteroatoms. The summed E-state index contributed by atoms with van der Waals surface area (Å²) in [7, 11) is 0. The maximum atomic E-state index is 4.27. The highest BCUT2D eigenvalue weighted by Gasteiger charge is 2.17. The third kappa shape index (κ3) is 1.90. The van der Waals surface area contributed by atoms with Gasteiger partial charge in [-0.2, -0.15) is 0 Å². The summed E-state index contributed by atoms with van der Waals surface area (Å²) < 4.78 is 0. The van der Waals surface area contributed by atoms with Crippen molar-refractivity contribution < 1.29 is 0 Å². The number of nitrogens with one attached hydrogen (secondary N) is 1. The summed E-state index contributed by atoms with van der Waals surface area (Å²) in [6.07, 6.45) is 1.85. The van der Waals surface area contributed by atoms with E-state index < -0.39 is 0 Å². The number of nitrogens with zero attached hydrogens (tertiary/aromatic N) is 1. The summed E-state index contributed by atoms with van der Waals surface area (Å²) in [4.78, 5) is 4.27. The Labute approximate surface area is 68.4 Å². The van der Waals surface area contributed by atoms with Crippen LogP contribution in [0.1, 0.15) is 20.8 Å². The summed E-state index contributed by atoms with van der Waals surface area (Å²) in [5.41, 5.74) is 2.65. The first kappa shape index (κ1) is 8.47. The molecule has 1 N–H and O–H groups in total. The maximum Gasteiger partial charge on any atom is 0.0376 e. The normalized spacial score (nSPS) is 29.9. The van der Waals surface area contributed by atoms with Gasteiger partial charge in [-0.3, -0.25) is 4.99 Å².